The number of carbonyl (C=O) groups is 2. The maximum Gasteiger partial charge on any atom is 0.407 e. The molecule has 0 aromatic heterocycles. The number of benzene rings is 4. The molecule has 0 aliphatic carbocycles. The van der Waals surface area contributed by atoms with Crippen LogP contribution in [0, 0.1) is 11.6 Å². The lowest BCUT2D eigenvalue weighted by Gasteiger charge is -2.38. The number of hydrogen-bond donors (Lipinski definition) is 2. The van der Waals surface area contributed by atoms with Gasteiger partial charge >= 0.3 is 12.2 Å². The molecule has 0 heterocycles. The fraction of sp³-hybridized carbons (Fsp3) is 0.381. The predicted octanol–water partition coefficient (Wildman–Crippen LogP) is 6.35. The fourth-order valence-electron chi connectivity index (χ4n) is 5.62. The van der Waals surface area contributed by atoms with Crippen molar-refractivity contribution in [1.29, 1.82) is 0 Å². The fourth-order valence-corrected chi connectivity index (χ4v) is 5.62. The molecule has 4 atom stereocenters. The number of nitrogens with one attached hydrogen (secondary N) is 2. The lowest BCUT2D eigenvalue weighted by molar-refractivity contribution is -0.185. The molecule has 0 saturated carbocycles. The SMILES string of the molecule is COCCOCO[C@@H]([C@@H](Cc1ccc(F)cc1)NC(=O)OCc1ccccc1)[C@@H](OCOCCOC)C(Cc1ccc(F)cc1)NC(=O)OCc1ccccc1. The first-order valence-corrected chi connectivity index (χ1v) is 18.1. The molecule has 0 fully saturated rings. The van der Waals surface area contributed by atoms with E-state index in [1.807, 2.05) is 60.7 Å². The Balaban J connectivity index is 1.72. The minimum Gasteiger partial charge on any atom is -0.445 e. The highest BCUT2D eigenvalue weighted by Gasteiger charge is 2.39. The molecule has 302 valence electrons. The molecule has 12 nitrogen and oxygen atoms in total. The molecule has 4 aromatic rings. The Labute approximate surface area is 326 Å². The molecule has 0 aliphatic rings. The number of rotatable bonds is 25. The van der Waals surface area contributed by atoms with Gasteiger partial charge in [0.05, 0.1) is 38.5 Å². The molecule has 0 aliphatic heterocycles. The molecule has 56 heavy (non-hydrogen) atoms. The van der Waals surface area contributed by atoms with Gasteiger partial charge in [0.2, 0.25) is 0 Å². The van der Waals surface area contributed by atoms with Crippen LogP contribution in [0.25, 0.3) is 0 Å². The molecule has 0 radical (unpaired) electrons. The Hall–Kier alpha value is -4.96. The van der Waals surface area contributed by atoms with Gasteiger partial charge in [-0.15, -0.1) is 0 Å². The van der Waals surface area contributed by atoms with Crippen molar-refractivity contribution in [1.82, 2.24) is 10.6 Å². The Kier molecular flexibility index (Phi) is 19.7. The topological polar surface area (TPSA) is 132 Å². The monoisotopic (exact) mass is 780 g/mol. The summed E-state index contributed by atoms with van der Waals surface area (Å²) < 4.78 is 73.9. The summed E-state index contributed by atoms with van der Waals surface area (Å²) in [6, 6.07) is 28.0. The van der Waals surface area contributed by atoms with Crippen LogP contribution < -0.4 is 10.6 Å². The second-order valence-electron chi connectivity index (χ2n) is 12.6. The minimum atomic E-state index is -1.10. The molecule has 2 amide bonds. The van der Waals surface area contributed by atoms with Crippen LogP contribution in [0.4, 0.5) is 18.4 Å². The molecule has 0 saturated heterocycles. The molecule has 2 N–H and O–H groups in total. The van der Waals surface area contributed by atoms with Crippen molar-refractivity contribution in [3.63, 3.8) is 0 Å². The average molecular weight is 781 g/mol. The molecule has 1 unspecified atom stereocenters. The van der Waals surface area contributed by atoms with E-state index in [1.165, 1.54) is 38.5 Å². The van der Waals surface area contributed by atoms with Gasteiger partial charge in [-0.2, -0.15) is 0 Å². The van der Waals surface area contributed by atoms with Gasteiger partial charge in [0.1, 0.15) is 50.6 Å². The summed E-state index contributed by atoms with van der Waals surface area (Å²) in [5.41, 5.74) is 2.83. The number of amides is 2. The van der Waals surface area contributed by atoms with Crippen molar-refractivity contribution in [2.75, 3.05) is 54.2 Å². The zero-order valence-corrected chi connectivity index (χ0v) is 31.6. The van der Waals surface area contributed by atoms with Crippen LogP contribution in [-0.4, -0.2) is 90.7 Å². The molecule has 4 rings (SSSR count). The van der Waals surface area contributed by atoms with E-state index in [4.69, 9.17) is 37.9 Å². The standard InChI is InChI=1S/C42H50F2N2O10/c1-49-21-23-51-29-55-39(37(25-31-13-17-35(43)18-14-31)45-41(47)53-27-33-9-5-3-6-10-33)40(56-30-52-24-22-50-2)38(26-32-15-19-36(44)20-16-32)46-42(48)54-28-34-11-7-4-8-12-34/h3-20,37-40H,21-30H2,1-2H3,(H,45,47)(H,46,48)/t37-,38?,39+,40+/m1/s1. The number of ether oxygens (including phenoxy) is 8. The highest BCUT2D eigenvalue weighted by atomic mass is 19.1. The summed E-state index contributed by atoms with van der Waals surface area (Å²) in [5, 5.41) is 5.85. The third-order valence-electron chi connectivity index (χ3n) is 8.44. The van der Waals surface area contributed by atoms with E-state index in [0.717, 1.165) is 11.1 Å². The Morgan fingerprint density at radius 1 is 0.518 bits per heavy atom. The van der Waals surface area contributed by atoms with E-state index in [9.17, 15) is 18.4 Å². The zero-order chi connectivity index (χ0) is 39.8. The first-order valence-electron chi connectivity index (χ1n) is 18.1. The number of halogens is 2. The van der Waals surface area contributed by atoms with E-state index in [-0.39, 0.29) is 66.1 Å². The summed E-state index contributed by atoms with van der Waals surface area (Å²) in [4.78, 5) is 27.1. The quantitative estimate of drug-likeness (QED) is 0.0580. The van der Waals surface area contributed by atoms with Gasteiger partial charge < -0.3 is 48.5 Å². The summed E-state index contributed by atoms with van der Waals surface area (Å²) in [6.45, 7) is 0.355. The highest BCUT2D eigenvalue weighted by molar-refractivity contribution is 5.68. The first-order chi connectivity index (χ1) is 27.3. The largest absolute Gasteiger partial charge is 0.445 e. The predicted molar refractivity (Wildman–Crippen MR) is 202 cm³/mol. The van der Waals surface area contributed by atoms with Gasteiger partial charge in [0.25, 0.3) is 0 Å². The van der Waals surface area contributed by atoms with Gasteiger partial charge in [0.15, 0.2) is 0 Å². The molecular weight excluding hydrogens is 730 g/mol. The molecule has 14 heteroatoms. The van der Waals surface area contributed by atoms with Crippen molar-refractivity contribution in [3.05, 3.63) is 143 Å². The maximum atomic E-state index is 14.0. The van der Waals surface area contributed by atoms with Crippen LogP contribution in [0.3, 0.4) is 0 Å². The Bertz CT molecular complexity index is 1550. The minimum absolute atomic E-state index is 0.0170. The number of methoxy groups -OCH3 is 2. The summed E-state index contributed by atoms with van der Waals surface area (Å²) in [6.07, 6.45) is -3.52. The summed E-state index contributed by atoms with van der Waals surface area (Å²) >= 11 is 0. The van der Waals surface area contributed by atoms with Gasteiger partial charge in [-0.05, 0) is 59.4 Å². The Morgan fingerprint density at radius 3 is 1.25 bits per heavy atom. The van der Waals surface area contributed by atoms with Gasteiger partial charge in [0, 0.05) is 14.2 Å². The number of hydrogen-bond acceptors (Lipinski definition) is 10. The van der Waals surface area contributed by atoms with Crippen molar-refractivity contribution < 1.29 is 56.3 Å². The van der Waals surface area contributed by atoms with Crippen molar-refractivity contribution in [2.45, 2.75) is 50.3 Å². The van der Waals surface area contributed by atoms with Gasteiger partial charge in [-0.25, -0.2) is 18.4 Å². The third-order valence-corrected chi connectivity index (χ3v) is 8.44. The number of alkyl carbamates (subject to hydrolysis) is 2. The van der Waals surface area contributed by atoms with Crippen LogP contribution in [0.5, 0.6) is 0 Å². The molecule has 0 bridgehead atoms. The van der Waals surface area contributed by atoms with E-state index in [2.05, 4.69) is 10.6 Å². The average Bonchev–Trinajstić information content (AvgIpc) is 3.21. The van der Waals surface area contributed by atoms with Crippen molar-refractivity contribution in [3.8, 4) is 0 Å². The Morgan fingerprint density at radius 2 is 0.893 bits per heavy atom. The normalized spacial score (nSPS) is 13.3. The van der Waals surface area contributed by atoms with Gasteiger partial charge in [-0.3, -0.25) is 0 Å². The smallest absolute Gasteiger partial charge is 0.407 e. The second-order valence-corrected chi connectivity index (χ2v) is 12.6. The number of carbonyl (C=O) groups excluding carboxylic acids is 2. The van der Waals surface area contributed by atoms with E-state index < -0.39 is 48.1 Å². The molecular formula is C42H50F2N2O10. The summed E-state index contributed by atoms with van der Waals surface area (Å²) in [7, 11) is 3.07. The van der Waals surface area contributed by atoms with E-state index in [0.29, 0.717) is 11.1 Å². The lowest BCUT2D eigenvalue weighted by atomic mass is 9.90. The van der Waals surface area contributed by atoms with Crippen LogP contribution in [0.15, 0.2) is 109 Å². The van der Waals surface area contributed by atoms with Crippen LogP contribution in [0.2, 0.25) is 0 Å². The van der Waals surface area contributed by atoms with Crippen molar-refractivity contribution >= 4 is 12.2 Å². The zero-order valence-electron chi connectivity index (χ0n) is 31.6. The van der Waals surface area contributed by atoms with Gasteiger partial charge in [-0.1, -0.05) is 84.9 Å². The summed E-state index contributed by atoms with van der Waals surface area (Å²) in [5.74, 6) is -0.876. The maximum absolute atomic E-state index is 14.0. The first kappa shape index (κ1) is 43.8. The highest BCUT2D eigenvalue weighted by Crippen LogP contribution is 2.22. The van der Waals surface area contributed by atoms with Crippen LogP contribution in [-0.2, 0) is 64.0 Å². The second kappa shape index (κ2) is 25.2. The van der Waals surface area contributed by atoms with Crippen LogP contribution in [0.1, 0.15) is 22.3 Å². The molecule has 4 aromatic carbocycles. The lowest BCUT2D eigenvalue weighted by Crippen LogP contribution is -2.59. The van der Waals surface area contributed by atoms with Crippen LogP contribution >= 0.6 is 0 Å². The van der Waals surface area contributed by atoms with E-state index >= 15 is 0 Å². The third kappa shape index (κ3) is 16.4. The molecule has 0 spiro atoms. The van der Waals surface area contributed by atoms with E-state index in [1.54, 1.807) is 24.3 Å². The van der Waals surface area contributed by atoms with Crippen molar-refractivity contribution in [2.24, 2.45) is 0 Å².